The Kier molecular flexibility index (Phi) is 4.21. The van der Waals surface area contributed by atoms with Crippen molar-refractivity contribution < 1.29 is 9.90 Å². The van der Waals surface area contributed by atoms with Crippen molar-refractivity contribution in [3.8, 4) is 5.88 Å². The van der Waals surface area contributed by atoms with Gasteiger partial charge in [0.2, 0.25) is 0 Å². The lowest BCUT2D eigenvalue weighted by Gasteiger charge is -2.28. The van der Waals surface area contributed by atoms with E-state index in [1.165, 1.54) is 12.1 Å². The molecule has 1 aliphatic carbocycles. The average molecular weight is 265 g/mol. The van der Waals surface area contributed by atoms with Gasteiger partial charge in [-0.1, -0.05) is 0 Å². The number of aromatic nitrogens is 1. The van der Waals surface area contributed by atoms with Crippen molar-refractivity contribution in [2.24, 2.45) is 0 Å². The van der Waals surface area contributed by atoms with Crippen molar-refractivity contribution in [2.75, 3.05) is 7.05 Å². The van der Waals surface area contributed by atoms with Gasteiger partial charge in [0.1, 0.15) is 0 Å². The molecule has 0 radical (unpaired) electrons. The standard InChI is InChI=1S/C13H19N3O3/c1-14-9-2-4-10(5-3-9)15-13(19)8-6-11(17)16-12(18)7-8/h6-7,9-10,14H,2-5H2,1H3,(H,15,19)(H2,16,17,18). The second-order valence-corrected chi connectivity index (χ2v) is 4.93. The van der Waals surface area contributed by atoms with Gasteiger partial charge in [0, 0.05) is 24.2 Å². The summed E-state index contributed by atoms with van der Waals surface area (Å²) in [7, 11) is 1.95. The molecule has 104 valence electrons. The number of nitrogens with one attached hydrogen (secondary N) is 3. The monoisotopic (exact) mass is 265 g/mol. The predicted molar refractivity (Wildman–Crippen MR) is 71.3 cm³/mol. The molecule has 0 aliphatic heterocycles. The second-order valence-electron chi connectivity index (χ2n) is 4.93. The Hall–Kier alpha value is -1.82. The van der Waals surface area contributed by atoms with Crippen LogP contribution in [-0.4, -0.2) is 35.1 Å². The van der Waals surface area contributed by atoms with E-state index in [0.717, 1.165) is 25.7 Å². The first-order valence-corrected chi connectivity index (χ1v) is 6.50. The highest BCUT2D eigenvalue weighted by atomic mass is 16.3. The summed E-state index contributed by atoms with van der Waals surface area (Å²) in [4.78, 5) is 25.4. The highest BCUT2D eigenvalue weighted by Gasteiger charge is 2.21. The number of amides is 1. The van der Waals surface area contributed by atoms with Gasteiger partial charge in [0.15, 0.2) is 5.88 Å². The normalized spacial score (nSPS) is 23.0. The van der Waals surface area contributed by atoms with Crippen LogP contribution in [0.4, 0.5) is 0 Å². The lowest BCUT2D eigenvalue weighted by Crippen LogP contribution is -2.41. The van der Waals surface area contributed by atoms with Crippen LogP contribution in [0.2, 0.25) is 0 Å². The van der Waals surface area contributed by atoms with Crippen LogP contribution < -0.4 is 16.2 Å². The Bertz CT molecular complexity index is 504. The molecule has 6 nitrogen and oxygen atoms in total. The molecule has 1 fully saturated rings. The summed E-state index contributed by atoms with van der Waals surface area (Å²) >= 11 is 0. The molecule has 1 heterocycles. The fraction of sp³-hybridized carbons (Fsp3) is 0.538. The molecule has 2 rings (SSSR count). The Balaban J connectivity index is 1.96. The first kappa shape index (κ1) is 13.6. The topological polar surface area (TPSA) is 94.2 Å². The van der Waals surface area contributed by atoms with Gasteiger partial charge in [-0.3, -0.25) is 14.6 Å². The van der Waals surface area contributed by atoms with Crippen molar-refractivity contribution >= 4 is 5.91 Å². The number of H-pyrrole nitrogens is 1. The number of rotatable bonds is 3. The van der Waals surface area contributed by atoms with Crippen molar-refractivity contribution in [1.82, 2.24) is 15.6 Å². The fourth-order valence-corrected chi connectivity index (χ4v) is 2.45. The summed E-state index contributed by atoms with van der Waals surface area (Å²) < 4.78 is 0. The Morgan fingerprint density at radius 2 is 1.89 bits per heavy atom. The molecule has 1 aromatic heterocycles. The molecule has 0 aromatic carbocycles. The molecule has 0 saturated heterocycles. The molecular formula is C13H19N3O3. The molecule has 0 atom stereocenters. The van der Waals surface area contributed by atoms with Gasteiger partial charge in [-0.05, 0) is 32.7 Å². The summed E-state index contributed by atoms with van der Waals surface area (Å²) in [5.74, 6) is -0.606. The maximum absolute atomic E-state index is 12.0. The first-order valence-electron chi connectivity index (χ1n) is 6.50. The minimum absolute atomic E-state index is 0.138. The third kappa shape index (κ3) is 3.57. The first-order chi connectivity index (χ1) is 9.08. The third-order valence-corrected chi connectivity index (χ3v) is 3.56. The molecule has 0 unspecified atom stereocenters. The summed E-state index contributed by atoms with van der Waals surface area (Å²) in [5, 5.41) is 15.4. The van der Waals surface area contributed by atoms with Crippen LogP contribution in [0.15, 0.2) is 16.9 Å². The maximum atomic E-state index is 12.0. The van der Waals surface area contributed by atoms with Crippen LogP contribution in [0.1, 0.15) is 36.0 Å². The molecule has 4 N–H and O–H groups in total. The zero-order chi connectivity index (χ0) is 13.8. The van der Waals surface area contributed by atoms with Gasteiger partial charge in [-0.15, -0.1) is 0 Å². The van der Waals surface area contributed by atoms with Crippen molar-refractivity contribution in [3.63, 3.8) is 0 Å². The largest absolute Gasteiger partial charge is 0.494 e. The molecule has 0 bridgehead atoms. The van der Waals surface area contributed by atoms with Crippen molar-refractivity contribution in [1.29, 1.82) is 0 Å². The second kappa shape index (κ2) is 5.88. The fourth-order valence-electron chi connectivity index (χ4n) is 2.45. The van der Waals surface area contributed by atoms with Crippen molar-refractivity contribution in [2.45, 2.75) is 37.8 Å². The molecule has 0 spiro atoms. The summed E-state index contributed by atoms with van der Waals surface area (Å²) in [6, 6.07) is 3.11. The van der Waals surface area contributed by atoms with Crippen LogP contribution in [0.25, 0.3) is 0 Å². The maximum Gasteiger partial charge on any atom is 0.251 e. The highest BCUT2D eigenvalue weighted by molar-refractivity contribution is 5.94. The molecule has 1 aromatic rings. The number of carbonyl (C=O) groups excluding carboxylic acids is 1. The minimum atomic E-state index is -0.482. The van der Waals surface area contributed by atoms with Gasteiger partial charge in [-0.25, -0.2) is 0 Å². The molecule has 6 heteroatoms. The van der Waals surface area contributed by atoms with Crippen LogP contribution in [0, 0.1) is 0 Å². The van der Waals surface area contributed by atoms with E-state index in [1.54, 1.807) is 0 Å². The number of aromatic hydroxyl groups is 1. The number of carbonyl (C=O) groups is 1. The van der Waals surface area contributed by atoms with E-state index in [9.17, 15) is 14.7 Å². The van der Waals surface area contributed by atoms with Crippen LogP contribution in [0.5, 0.6) is 5.88 Å². The highest BCUT2D eigenvalue weighted by Crippen LogP contribution is 2.18. The Morgan fingerprint density at radius 3 is 2.47 bits per heavy atom. The SMILES string of the molecule is CNC1CCC(NC(=O)c2cc(O)[nH]c(=O)c2)CC1. The summed E-state index contributed by atoms with van der Waals surface area (Å²) in [5.41, 5.74) is -0.291. The zero-order valence-electron chi connectivity index (χ0n) is 10.9. The Labute approximate surface area is 111 Å². The van der Waals surface area contributed by atoms with Gasteiger partial charge in [0.05, 0.1) is 5.56 Å². The molecule has 1 amide bonds. The van der Waals surface area contributed by atoms with Gasteiger partial charge in [0.25, 0.3) is 11.5 Å². The average Bonchev–Trinajstić information content (AvgIpc) is 2.38. The number of hydrogen-bond acceptors (Lipinski definition) is 4. The lowest BCUT2D eigenvalue weighted by molar-refractivity contribution is 0.0924. The van der Waals surface area contributed by atoms with E-state index in [1.807, 2.05) is 7.05 Å². The quantitative estimate of drug-likeness (QED) is 0.634. The smallest absolute Gasteiger partial charge is 0.251 e. The number of pyridine rings is 1. The third-order valence-electron chi connectivity index (χ3n) is 3.56. The number of hydrogen-bond donors (Lipinski definition) is 4. The van der Waals surface area contributed by atoms with Crippen LogP contribution >= 0.6 is 0 Å². The summed E-state index contributed by atoms with van der Waals surface area (Å²) in [6.07, 6.45) is 3.91. The predicted octanol–water partition coefficient (Wildman–Crippen LogP) is 0.341. The van der Waals surface area contributed by atoms with Gasteiger partial charge in [-0.2, -0.15) is 0 Å². The van der Waals surface area contributed by atoms with Crippen molar-refractivity contribution in [3.05, 3.63) is 28.0 Å². The van der Waals surface area contributed by atoms with E-state index in [4.69, 9.17) is 0 Å². The molecule has 1 aliphatic rings. The van der Waals surface area contributed by atoms with E-state index in [2.05, 4.69) is 15.6 Å². The molecule has 19 heavy (non-hydrogen) atoms. The number of aromatic amines is 1. The zero-order valence-corrected chi connectivity index (χ0v) is 10.9. The molecular weight excluding hydrogens is 246 g/mol. The van der Waals surface area contributed by atoms with E-state index in [-0.39, 0.29) is 23.4 Å². The lowest BCUT2D eigenvalue weighted by atomic mass is 9.91. The minimum Gasteiger partial charge on any atom is -0.494 e. The van der Waals surface area contributed by atoms with Gasteiger partial charge >= 0.3 is 0 Å². The van der Waals surface area contributed by atoms with Crippen LogP contribution in [-0.2, 0) is 0 Å². The van der Waals surface area contributed by atoms with Crippen LogP contribution in [0.3, 0.4) is 0 Å². The van der Waals surface area contributed by atoms with Gasteiger partial charge < -0.3 is 15.7 Å². The van der Waals surface area contributed by atoms with E-state index >= 15 is 0 Å². The molecule has 1 saturated carbocycles. The van der Waals surface area contributed by atoms with E-state index in [0.29, 0.717) is 6.04 Å². The Morgan fingerprint density at radius 1 is 1.26 bits per heavy atom. The summed E-state index contributed by atoms with van der Waals surface area (Å²) in [6.45, 7) is 0. The van der Waals surface area contributed by atoms with E-state index < -0.39 is 5.56 Å².